The Morgan fingerprint density at radius 2 is 1.95 bits per heavy atom. The van der Waals surface area contributed by atoms with Crippen LogP contribution in [0.15, 0.2) is 42.5 Å². The van der Waals surface area contributed by atoms with Gasteiger partial charge >= 0.3 is 6.09 Å². The van der Waals surface area contributed by atoms with Crippen LogP contribution in [0.4, 0.5) is 9.18 Å². The van der Waals surface area contributed by atoms with Gasteiger partial charge in [-0.15, -0.1) is 0 Å². The number of nitrogens with zero attached hydrogens (tertiary/aromatic N) is 1. The normalized spacial score (nSPS) is 17.2. The van der Waals surface area contributed by atoms with Gasteiger partial charge in [0, 0.05) is 37.5 Å². The van der Waals surface area contributed by atoms with Crippen molar-refractivity contribution >= 4 is 12.0 Å². The van der Waals surface area contributed by atoms with Gasteiger partial charge in [0.25, 0.3) is 0 Å². The summed E-state index contributed by atoms with van der Waals surface area (Å²) in [5, 5.41) is 23.8. The summed E-state index contributed by atoms with van der Waals surface area (Å²) in [4.78, 5) is 25.8. The summed E-state index contributed by atoms with van der Waals surface area (Å²) in [5.41, 5.74) is 6.74. The average Bonchev–Trinajstić information content (AvgIpc) is 2.93. The van der Waals surface area contributed by atoms with E-state index in [1.54, 1.807) is 12.1 Å². The third-order valence-electron chi connectivity index (χ3n) is 7.66. The van der Waals surface area contributed by atoms with Crippen LogP contribution >= 0.6 is 0 Å². The van der Waals surface area contributed by atoms with Crippen LogP contribution in [0.1, 0.15) is 69.4 Å². The number of aliphatic hydroxyl groups is 1. The van der Waals surface area contributed by atoms with E-state index in [1.165, 1.54) is 6.07 Å². The molecule has 0 aromatic heterocycles. The Kier molecular flexibility index (Phi) is 11.1. The molecule has 7 nitrogen and oxygen atoms in total. The van der Waals surface area contributed by atoms with Crippen molar-refractivity contribution < 1.29 is 24.2 Å². The summed E-state index contributed by atoms with van der Waals surface area (Å²) in [7, 11) is 0. The predicted molar refractivity (Wildman–Crippen MR) is 147 cm³/mol. The van der Waals surface area contributed by atoms with Crippen LogP contribution in [-0.4, -0.2) is 53.3 Å². The maximum atomic E-state index is 15.5. The van der Waals surface area contributed by atoms with E-state index in [2.05, 4.69) is 5.32 Å². The lowest BCUT2D eigenvalue weighted by atomic mass is 9.72. The Morgan fingerprint density at radius 3 is 2.68 bits per heavy atom. The molecule has 0 saturated carbocycles. The third-order valence-corrected chi connectivity index (χ3v) is 7.66. The molecule has 1 fully saturated rings. The molecule has 2 aromatic rings. The zero-order valence-electron chi connectivity index (χ0n) is 22.4. The molecule has 0 spiro atoms. The molecular weight excluding hydrogens is 485 g/mol. The zero-order valence-corrected chi connectivity index (χ0v) is 22.4. The number of rotatable bonds is 13. The minimum atomic E-state index is -1.45. The highest BCUT2D eigenvalue weighted by atomic mass is 19.1. The summed E-state index contributed by atoms with van der Waals surface area (Å²) in [5.74, 6) is -0.665. The van der Waals surface area contributed by atoms with Crippen LogP contribution in [0.5, 0.6) is 0 Å². The third kappa shape index (κ3) is 7.54. The summed E-state index contributed by atoms with van der Waals surface area (Å²) in [6, 6.07) is 12.5. The quantitative estimate of drug-likeness (QED) is 0.272. The minimum Gasteiger partial charge on any atom is -0.465 e. The molecule has 208 valence electrons. The highest BCUT2D eigenvalue weighted by molar-refractivity contribution is 5.76. The molecule has 2 atom stereocenters. The number of hydrogen-bond donors (Lipinski definition) is 4. The van der Waals surface area contributed by atoms with E-state index < -0.39 is 17.5 Å². The lowest BCUT2D eigenvalue weighted by Gasteiger charge is -2.43. The van der Waals surface area contributed by atoms with Crippen molar-refractivity contribution in [1.82, 2.24) is 10.2 Å². The van der Waals surface area contributed by atoms with Crippen LogP contribution in [0.2, 0.25) is 0 Å². The number of aryl methyl sites for hydroxylation is 1. The highest BCUT2D eigenvalue weighted by Crippen LogP contribution is 2.44. The van der Waals surface area contributed by atoms with Crippen molar-refractivity contribution in [3.05, 3.63) is 59.4 Å². The fraction of sp³-hybridized carbons (Fsp3) is 0.533. The van der Waals surface area contributed by atoms with Crippen molar-refractivity contribution in [1.29, 1.82) is 0 Å². The molecule has 38 heavy (non-hydrogen) atoms. The largest absolute Gasteiger partial charge is 0.465 e. The van der Waals surface area contributed by atoms with E-state index in [-0.39, 0.29) is 24.8 Å². The van der Waals surface area contributed by atoms with Gasteiger partial charge in [-0.1, -0.05) is 49.7 Å². The number of nitrogens with one attached hydrogen (secondary N) is 1. The second-order valence-electron chi connectivity index (χ2n) is 10.3. The standard InChI is InChI=1S/C30H42FN3O4/c1-2-22-10-6-11-23(20-22)28-25(13-7-14-26(28)31)30(38,16-9-18-33-29(36)37)24-12-8-19-34(21-24)27(35)15-4-3-5-17-32/h6-7,10-11,13-14,20,24,33,38H,2-5,8-9,12,15-19,21,32H2,1H3,(H,36,37). The first-order valence-corrected chi connectivity index (χ1v) is 13.9. The number of halogens is 1. The Bertz CT molecular complexity index is 1080. The second-order valence-corrected chi connectivity index (χ2v) is 10.3. The summed E-state index contributed by atoms with van der Waals surface area (Å²) < 4.78 is 15.5. The lowest BCUT2D eigenvalue weighted by molar-refractivity contribution is -0.136. The Morgan fingerprint density at radius 1 is 1.16 bits per heavy atom. The molecule has 5 N–H and O–H groups in total. The maximum absolute atomic E-state index is 15.5. The molecule has 0 bridgehead atoms. The predicted octanol–water partition coefficient (Wildman–Crippen LogP) is 5.05. The summed E-state index contributed by atoms with van der Waals surface area (Å²) >= 11 is 0. The molecule has 0 radical (unpaired) electrons. The van der Waals surface area contributed by atoms with Crippen molar-refractivity contribution in [3.63, 3.8) is 0 Å². The number of unbranched alkanes of at least 4 members (excludes halogenated alkanes) is 2. The van der Waals surface area contributed by atoms with E-state index >= 15 is 4.39 Å². The van der Waals surface area contributed by atoms with Crippen molar-refractivity contribution in [2.75, 3.05) is 26.2 Å². The van der Waals surface area contributed by atoms with Crippen LogP contribution in [0.25, 0.3) is 11.1 Å². The second kappa shape index (κ2) is 14.3. The molecule has 1 saturated heterocycles. The molecule has 1 aliphatic rings. The Labute approximate surface area is 225 Å². The van der Waals surface area contributed by atoms with Crippen molar-refractivity contribution in [2.24, 2.45) is 11.7 Å². The molecule has 2 unspecified atom stereocenters. The van der Waals surface area contributed by atoms with E-state index in [9.17, 15) is 14.7 Å². The molecule has 1 heterocycles. The Hall–Kier alpha value is -2.97. The molecule has 0 aliphatic carbocycles. The van der Waals surface area contributed by atoms with Crippen LogP contribution in [0, 0.1) is 11.7 Å². The number of amides is 2. The van der Waals surface area contributed by atoms with Gasteiger partial charge in [0.1, 0.15) is 5.82 Å². The fourth-order valence-electron chi connectivity index (χ4n) is 5.59. The van der Waals surface area contributed by atoms with Gasteiger partial charge in [0.15, 0.2) is 0 Å². The van der Waals surface area contributed by atoms with Gasteiger partial charge in [-0.2, -0.15) is 0 Å². The average molecular weight is 528 g/mol. The van der Waals surface area contributed by atoms with Gasteiger partial charge in [0.05, 0.1) is 5.60 Å². The van der Waals surface area contributed by atoms with Crippen LogP contribution in [0.3, 0.4) is 0 Å². The number of nitrogens with two attached hydrogens (primary N) is 1. The maximum Gasteiger partial charge on any atom is 0.404 e. The van der Waals surface area contributed by atoms with E-state index in [1.807, 2.05) is 36.1 Å². The van der Waals surface area contributed by atoms with Gasteiger partial charge in [-0.3, -0.25) is 4.79 Å². The lowest BCUT2D eigenvalue weighted by Crippen LogP contribution is -2.48. The molecule has 8 heteroatoms. The molecular formula is C30H42FN3O4. The number of piperidine rings is 1. The van der Waals surface area contributed by atoms with Crippen molar-refractivity contribution in [3.8, 4) is 11.1 Å². The van der Waals surface area contributed by atoms with Crippen LogP contribution < -0.4 is 11.1 Å². The monoisotopic (exact) mass is 527 g/mol. The number of hydrogen-bond acceptors (Lipinski definition) is 4. The first-order chi connectivity index (χ1) is 18.3. The zero-order chi connectivity index (χ0) is 27.5. The highest BCUT2D eigenvalue weighted by Gasteiger charge is 2.43. The first-order valence-electron chi connectivity index (χ1n) is 13.9. The fourth-order valence-corrected chi connectivity index (χ4v) is 5.59. The first kappa shape index (κ1) is 29.6. The molecule has 2 aromatic carbocycles. The molecule has 3 rings (SSSR count). The smallest absolute Gasteiger partial charge is 0.404 e. The number of carboxylic acid groups (broad SMARTS) is 1. The van der Waals surface area contributed by atoms with Crippen LogP contribution in [-0.2, 0) is 16.8 Å². The van der Waals surface area contributed by atoms with Gasteiger partial charge in [-0.25, -0.2) is 9.18 Å². The topological polar surface area (TPSA) is 116 Å². The van der Waals surface area contributed by atoms with Gasteiger partial charge in [0.2, 0.25) is 5.91 Å². The summed E-state index contributed by atoms with van der Waals surface area (Å²) in [6.45, 7) is 3.84. The van der Waals surface area contributed by atoms with E-state index in [0.29, 0.717) is 55.6 Å². The van der Waals surface area contributed by atoms with Gasteiger partial charge < -0.3 is 26.2 Å². The molecule has 2 amide bonds. The molecule has 1 aliphatic heterocycles. The number of carbonyl (C=O) groups is 2. The van der Waals surface area contributed by atoms with Crippen molar-refractivity contribution in [2.45, 2.75) is 70.3 Å². The van der Waals surface area contributed by atoms with E-state index in [0.717, 1.165) is 37.7 Å². The number of carbonyl (C=O) groups excluding carboxylic acids is 1. The SMILES string of the molecule is CCc1cccc(-c2c(F)cccc2C(O)(CCCNC(=O)O)C2CCCN(C(=O)CCCCCN)C2)c1. The van der Waals surface area contributed by atoms with Gasteiger partial charge in [-0.05, 0) is 74.2 Å². The number of benzene rings is 2. The number of likely N-dealkylation sites (tertiary alicyclic amines) is 1. The summed E-state index contributed by atoms with van der Waals surface area (Å²) in [6.07, 6.45) is 4.74. The Balaban J connectivity index is 1.95. The van der Waals surface area contributed by atoms with E-state index in [4.69, 9.17) is 10.8 Å². The minimum absolute atomic E-state index is 0.0664.